The largest absolute Gasteiger partial charge is 0.412 e. The molecule has 1 aromatic heterocycles. The van der Waals surface area contributed by atoms with Gasteiger partial charge in [0, 0.05) is 37.2 Å². The highest BCUT2D eigenvalue weighted by atomic mass is 19.1. The van der Waals surface area contributed by atoms with Gasteiger partial charge in [0.05, 0.1) is 11.0 Å². The third kappa shape index (κ3) is 4.91. The predicted octanol–water partition coefficient (Wildman–Crippen LogP) is 2.03. The molecule has 3 aromatic rings. The van der Waals surface area contributed by atoms with Crippen LogP contribution in [0, 0.1) is 5.82 Å². The van der Waals surface area contributed by atoms with Crippen LogP contribution in [0.2, 0.25) is 0 Å². The van der Waals surface area contributed by atoms with Gasteiger partial charge in [0.2, 0.25) is 0 Å². The molecule has 0 fully saturated rings. The molecule has 30 heavy (non-hydrogen) atoms. The molecular weight excluding hydrogens is 389 g/mol. The monoisotopic (exact) mass is 415 g/mol. The number of para-hydroxylation sites is 2. The van der Waals surface area contributed by atoms with Crippen molar-refractivity contribution in [3.05, 3.63) is 76.5 Å². The van der Waals surface area contributed by atoms with Crippen molar-refractivity contribution < 1.29 is 20.1 Å². The van der Waals surface area contributed by atoms with Crippen LogP contribution in [0.5, 0.6) is 0 Å². The zero-order valence-corrected chi connectivity index (χ0v) is 16.5. The normalized spacial score (nSPS) is 14.0. The zero-order valence-electron chi connectivity index (χ0n) is 16.5. The van der Waals surface area contributed by atoms with Crippen LogP contribution >= 0.6 is 0 Å². The Bertz CT molecular complexity index is 1090. The molecule has 1 aliphatic rings. The van der Waals surface area contributed by atoms with Crippen molar-refractivity contribution in [1.82, 2.24) is 14.5 Å². The lowest BCUT2D eigenvalue weighted by Crippen LogP contribution is -2.32. The summed E-state index contributed by atoms with van der Waals surface area (Å²) in [5.41, 5.74) is 3.21. The van der Waals surface area contributed by atoms with Gasteiger partial charge in [-0.3, -0.25) is 14.3 Å². The number of carbonyl (C=O) groups is 1. The summed E-state index contributed by atoms with van der Waals surface area (Å²) in [5.74, 6) is -0.291. The third-order valence-corrected chi connectivity index (χ3v) is 5.19. The molecule has 4 rings (SSSR count). The summed E-state index contributed by atoms with van der Waals surface area (Å²) >= 11 is 0. The van der Waals surface area contributed by atoms with Crippen LogP contribution in [0.1, 0.15) is 29.6 Å². The molecule has 160 valence electrons. The number of H-pyrrole nitrogens is 1. The van der Waals surface area contributed by atoms with Gasteiger partial charge < -0.3 is 15.9 Å². The topological polar surface area (TPSA) is 121 Å². The van der Waals surface area contributed by atoms with Gasteiger partial charge in [-0.15, -0.1) is 0 Å². The molecule has 7 nitrogen and oxygen atoms in total. The molecule has 0 aliphatic carbocycles. The minimum absolute atomic E-state index is 0. The maximum atomic E-state index is 12.9. The lowest BCUT2D eigenvalue weighted by molar-refractivity contribution is 0.0975. The van der Waals surface area contributed by atoms with Crippen molar-refractivity contribution in [3.63, 3.8) is 0 Å². The number of fused-ring (bicyclic) bond motifs is 1. The second-order valence-electron chi connectivity index (χ2n) is 7.06. The quantitative estimate of drug-likeness (QED) is 0.620. The molecule has 8 heteroatoms. The highest BCUT2D eigenvalue weighted by molar-refractivity contribution is 5.95. The Morgan fingerprint density at radius 1 is 1.07 bits per heavy atom. The van der Waals surface area contributed by atoms with Gasteiger partial charge in [0.1, 0.15) is 5.82 Å². The molecule has 0 amide bonds. The number of aromatic nitrogens is 2. The number of ketones is 1. The van der Waals surface area contributed by atoms with E-state index in [-0.39, 0.29) is 28.2 Å². The molecule has 0 radical (unpaired) electrons. The average Bonchev–Trinajstić information content (AvgIpc) is 3.05. The molecule has 0 unspecified atom stereocenters. The van der Waals surface area contributed by atoms with E-state index in [2.05, 4.69) is 16.0 Å². The average molecular weight is 415 g/mol. The van der Waals surface area contributed by atoms with Crippen molar-refractivity contribution in [2.75, 3.05) is 19.6 Å². The van der Waals surface area contributed by atoms with Crippen molar-refractivity contribution in [1.29, 1.82) is 0 Å². The Morgan fingerprint density at radius 3 is 2.50 bits per heavy atom. The Balaban J connectivity index is 0.00000160. The molecule has 1 aliphatic heterocycles. The first-order valence-electron chi connectivity index (χ1n) is 9.52. The van der Waals surface area contributed by atoms with E-state index in [0.717, 1.165) is 49.2 Å². The molecule has 0 saturated carbocycles. The van der Waals surface area contributed by atoms with E-state index < -0.39 is 0 Å². The molecule has 2 aromatic carbocycles. The number of rotatable bonds is 6. The highest BCUT2D eigenvalue weighted by Gasteiger charge is 2.17. The molecule has 0 spiro atoms. The second-order valence-corrected chi connectivity index (χ2v) is 7.06. The van der Waals surface area contributed by atoms with E-state index in [1.165, 1.54) is 24.3 Å². The molecule has 5 N–H and O–H groups in total. The fourth-order valence-electron chi connectivity index (χ4n) is 3.69. The Kier molecular flexibility index (Phi) is 7.82. The number of imidazole rings is 1. The first kappa shape index (κ1) is 23.2. The number of nitrogens with zero attached hydrogens (tertiary/aromatic N) is 2. The molecule has 0 bridgehead atoms. The summed E-state index contributed by atoms with van der Waals surface area (Å²) in [5, 5.41) is 0. The van der Waals surface area contributed by atoms with Gasteiger partial charge in [-0.1, -0.05) is 18.2 Å². The summed E-state index contributed by atoms with van der Waals surface area (Å²) in [7, 11) is 0. The van der Waals surface area contributed by atoms with Crippen LogP contribution in [0.4, 0.5) is 4.39 Å². The van der Waals surface area contributed by atoms with Gasteiger partial charge in [0.15, 0.2) is 5.78 Å². The van der Waals surface area contributed by atoms with Crippen molar-refractivity contribution in [3.8, 4) is 0 Å². The summed E-state index contributed by atoms with van der Waals surface area (Å²) in [6.07, 6.45) is 4.08. The second kappa shape index (κ2) is 10.1. The summed E-state index contributed by atoms with van der Waals surface area (Å²) in [4.78, 5) is 29.7. The van der Waals surface area contributed by atoms with Crippen LogP contribution in [0.3, 0.4) is 0 Å². The Hall–Kier alpha value is -3.07. The van der Waals surface area contributed by atoms with Crippen LogP contribution in [-0.4, -0.2) is 50.8 Å². The number of hydrogen-bond acceptors (Lipinski definition) is 3. The lowest BCUT2D eigenvalue weighted by atomic mass is 10.1. The number of benzene rings is 2. The number of aromatic amines is 1. The van der Waals surface area contributed by atoms with Crippen LogP contribution < -0.4 is 5.69 Å². The first-order valence-corrected chi connectivity index (χ1v) is 9.52. The zero-order chi connectivity index (χ0) is 19.5. The summed E-state index contributed by atoms with van der Waals surface area (Å²) in [6.45, 7) is 2.42. The minimum Gasteiger partial charge on any atom is -0.412 e. The van der Waals surface area contributed by atoms with E-state index in [9.17, 15) is 14.0 Å². The number of nitrogens with one attached hydrogen (secondary N) is 1. The SMILES string of the molecule is O.O.O=C(CCCN1CC=C(n2c(=O)[nH]c3ccccc32)CC1)c1ccc(F)cc1. The number of hydrogen-bond donors (Lipinski definition) is 1. The maximum Gasteiger partial charge on any atom is 0.330 e. The van der Waals surface area contributed by atoms with Crippen LogP contribution in [-0.2, 0) is 0 Å². The van der Waals surface area contributed by atoms with Gasteiger partial charge in [0.25, 0.3) is 0 Å². The summed E-state index contributed by atoms with van der Waals surface area (Å²) < 4.78 is 14.7. The number of carbonyl (C=O) groups excluding carboxylic acids is 1. The Labute approximate surface area is 173 Å². The first-order chi connectivity index (χ1) is 13.6. The maximum absolute atomic E-state index is 12.9. The molecule has 0 saturated heterocycles. The highest BCUT2D eigenvalue weighted by Crippen LogP contribution is 2.20. The molecule has 0 atom stereocenters. The Morgan fingerprint density at radius 2 is 1.80 bits per heavy atom. The van der Waals surface area contributed by atoms with Gasteiger partial charge >= 0.3 is 5.69 Å². The number of halogens is 1. The minimum atomic E-state index is -0.332. The van der Waals surface area contributed by atoms with E-state index in [1.54, 1.807) is 4.57 Å². The van der Waals surface area contributed by atoms with Gasteiger partial charge in [-0.2, -0.15) is 0 Å². The fraction of sp³-hybridized carbons (Fsp3) is 0.273. The van der Waals surface area contributed by atoms with Crippen LogP contribution in [0.25, 0.3) is 16.7 Å². The van der Waals surface area contributed by atoms with Crippen LogP contribution in [0.15, 0.2) is 59.4 Å². The van der Waals surface area contributed by atoms with Crippen molar-refractivity contribution >= 4 is 22.5 Å². The van der Waals surface area contributed by atoms with Gasteiger partial charge in [-0.25, -0.2) is 9.18 Å². The standard InChI is InChI=1S/C22H22FN3O2.2H2O/c23-17-9-7-16(8-10-17)21(27)6-3-13-25-14-11-18(12-15-25)26-20-5-2-1-4-19(20)24-22(26)28;;/h1-2,4-5,7-11H,3,6,12-15H2,(H,24,28);2*1H2. The van der Waals surface area contributed by atoms with Gasteiger partial charge in [-0.05, 0) is 49.4 Å². The van der Waals surface area contributed by atoms with Crippen molar-refractivity contribution in [2.24, 2.45) is 0 Å². The van der Waals surface area contributed by atoms with E-state index >= 15 is 0 Å². The molecule has 2 heterocycles. The third-order valence-electron chi connectivity index (χ3n) is 5.19. The predicted molar refractivity (Wildman–Crippen MR) is 115 cm³/mol. The smallest absolute Gasteiger partial charge is 0.330 e. The molecular formula is C22H26FN3O4. The van der Waals surface area contributed by atoms with E-state index in [1.807, 2.05) is 24.3 Å². The van der Waals surface area contributed by atoms with Crippen molar-refractivity contribution in [2.45, 2.75) is 19.3 Å². The number of Topliss-reactive ketones (excluding diaryl/α,β-unsaturated/α-hetero) is 1. The lowest BCUT2D eigenvalue weighted by Gasteiger charge is -2.26. The van der Waals surface area contributed by atoms with E-state index in [0.29, 0.717) is 12.0 Å². The summed E-state index contributed by atoms with van der Waals surface area (Å²) in [6, 6.07) is 13.4. The van der Waals surface area contributed by atoms with E-state index in [4.69, 9.17) is 0 Å². The fourth-order valence-corrected chi connectivity index (χ4v) is 3.69.